The van der Waals surface area contributed by atoms with Crippen molar-refractivity contribution in [1.82, 2.24) is 4.98 Å². The summed E-state index contributed by atoms with van der Waals surface area (Å²) in [5.74, 6) is -6.51. The molecule has 6 heteroatoms. The number of aromatic nitrogens is 1. The molecule has 1 saturated carbocycles. The van der Waals surface area contributed by atoms with Crippen LogP contribution in [-0.2, 0) is 9.53 Å². The maximum absolute atomic E-state index is 14.6. The van der Waals surface area contributed by atoms with Gasteiger partial charge in [-0.25, -0.2) is 13.2 Å². The van der Waals surface area contributed by atoms with E-state index in [1.54, 1.807) is 37.4 Å². The average molecular weight is 375 g/mol. The number of ether oxygens (including phenoxy) is 1. The van der Waals surface area contributed by atoms with Gasteiger partial charge in [0, 0.05) is 41.6 Å². The second-order valence-corrected chi connectivity index (χ2v) is 7.59. The van der Waals surface area contributed by atoms with Crippen LogP contribution in [0.3, 0.4) is 0 Å². The number of rotatable bonds is 2. The lowest BCUT2D eigenvalue weighted by molar-refractivity contribution is -0.150. The third-order valence-corrected chi connectivity index (χ3v) is 6.01. The standard InChI is InChI=1S/C21H20F3NO2/c1-11-18(19-12(2)27-20(26)16(19)9-21(11,23)24)17-7-6-14(10-25-17)13-4-3-5-15(22)8-13/h3-8,10-12,16,18-19H,9H2,1-2H3/t11-,12+,16+,18+,19+/m0/s1. The van der Waals surface area contributed by atoms with Crippen LogP contribution < -0.4 is 0 Å². The number of cyclic esters (lactones) is 1. The lowest BCUT2D eigenvalue weighted by Gasteiger charge is -2.42. The Labute approximate surface area is 155 Å². The quantitative estimate of drug-likeness (QED) is 0.706. The first-order chi connectivity index (χ1) is 12.8. The summed E-state index contributed by atoms with van der Waals surface area (Å²) in [4.78, 5) is 16.5. The second kappa shape index (κ2) is 6.36. The lowest BCUT2D eigenvalue weighted by atomic mass is 9.63. The molecule has 2 fully saturated rings. The van der Waals surface area contributed by atoms with Gasteiger partial charge in [0.1, 0.15) is 11.9 Å². The molecule has 0 amide bonds. The molecule has 0 bridgehead atoms. The summed E-state index contributed by atoms with van der Waals surface area (Å²) in [6, 6.07) is 9.59. The van der Waals surface area contributed by atoms with Gasteiger partial charge in [-0.1, -0.05) is 25.1 Å². The second-order valence-electron chi connectivity index (χ2n) is 7.59. The molecular formula is C21H20F3NO2. The molecule has 142 valence electrons. The monoisotopic (exact) mass is 375 g/mol. The number of esters is 1. The van der Waals surface area contributed by atoms with Gasteiger partial charge >= 0.3 is 5.97 Å². The Morgan fingerprint density at radius 1 is 1.15 bits per heavy atom. The van der Waals surface area contributed by atoms with Crippen molar-refractivity contribution in [1.29, 1.82) is 0 Å². The largest absolute Gasteiger partial charge is 0.462 e. The molecule has 5 atom stereocenters. The number of nitrogens with zero attached hydrogens (tertiary/aromatic N) is 1. The third-order valence-electron chi connectivity index (χ3n) is 6.01. The molecule has 27 heavy (non-hydrogen) atoms. The van der Waals surface area contributed by atoms with Gasteiger partial charge in [0.25, 0.3) is 5.92 Å². The molecular weight excluding hydrogens is 355 g/mol. The highest BCUT2D eigenvalue weighted by atomic mass is 19.3. The van der Waals surface area contributed by atoms with Crippen LogP contribution >= 0.6 is 0 Å². The predicted molar refractivity (Wildman–Crippen MR) is 93.6 cm³/mol. The Kier molecular flexibility index (Phi) is 4.24. The van der Waals surface area contributed by atoms with Gasteiger partial charge in [-0.2, -0.15) is 0 Å². The van der Waals surface area contributed by atoms with Crippen molar-refractivity contribution in [2.24, 2.45) is 17.8 Å². The fourth-order valence-corrected chi connectivity index (χ4v) is 4.56. The van der Waals surface area contributed by atoms with Gasteiger partial charge in [0.15, 0.2) is 0 Å². The summed E-state index contributed by atoms with van der Waals surface area (Å²) < 4.78 is 47.9. The summed E-state index contributed by atoms with van der Waals surface area (Å²) >= 11 is 0. The minimum Gasteiger partial charge on any atom is -0.462 e. The molecule has 1 aliphatic heterocycles. The van der Waals surface area contributed by atoms with Crippen LogP contribution in [0.1, 0.15) is 31.9 Å². The predicted octanol–water partition coefficient (Wildman–Crippen LogP) is 4.82. The molecule has 0 radical (unpaired) electrons. The summed E-state index contributed by atoms with van der Waals surface area (Å²) in [6.45, 7) is 3.27. The van der Waals surface area contributed by atoms with Crippen LogP contribution in [0.25, 0.3) is 11.1 Å². The Morgan fingerprint density at radius 3 is 2.59 bits per heavy atom. The van der Waals surface area contributed by atoms with E-state index in [0.717, 1.165) is 0 Å². The molecule has 0 unspecified atom stereocenters. The molecule has 2 aromatic rings. The average Bonchev–Trinajstić information content (AvgIpc) is 2.89. The molecule has 4 rings (SSSR count). The number of hydrogen-bond acceptors (Lipinski definition) is 3. The Hall–Kier alpha value is -2.37. The van der Waals surface area contributed by atoms with Crippen molar-refractivity contribution in [3.05, 3.63) is 54.1 Å². The summed E-state index contributed by atoms with van der Waals surface area (Å²) in [5.41, 5.74) is 1.89. The number of carbonyl (C=O) groups excluding carboxylic acids is 1. The molecule has 1 saturated heterocycles. The number of alkyl halides is 2. The van der Waals surface area contributed by atoms with E-state index in [-0.39, 0.29) is 11.7 Å². The first-order valence-corrected chi connectivity index (χ1v) is 9.08. The first kappa shape index (κ1) is 18.0. The van der Waals surface area contributed by atoms with Gasteiger partial charge in [0.2, 0.25) is 0 Å². The van der Waals surface area contributed by atoms with E-state index in [1.165, 1.54) is 19.1 Å². The van der Waals surface area contributed by atoms with Crippen LogP contribution in [0.2, 0.25) is 0 Å². The molecule has 0 N–H and O–H groups in total. The molecule has 1 aromatic heterocycles. The fraction of sp³-hybridized carbons (Fsp3) is 0.429. The summed E-state index contributed by atoms with van der Waals surface area (Å²) in [6.07, 6.45) is 0.677. The van der Waals surface area contributed by atoms with E-state index in [2.05, 4.69) is 4.98 Å². The zero-order valence-corrected chi connectivity index (χ0v) is 15.0. The molecule has 1 aliphatic carbocycles. The van der Waals surface area contributed by atoms with Crippen molar-refractivity contribution in [2.45, 2.75) is 38.2 Å². The van der Waals surface area contributed by atoms with E-state index < -0.39 is 42.2 Å². The molecule has 1 aromatic carbocycles. The minimum atomic E-state index is -2.96. The highest BCUT2D eigenvalue weighted by molar-refractivity contribution is 5.76. The van der Waals surface area contributed by atoms with E-state index in [4.69, 9.17) is 4.74 Å². The van der Waals surface area contributed by atoms with Crippen molar-refractivity contribution in [2.75, 3.05) is 0 Å². The highest BCUT2D eigenvalue weighted by Crippen LogP contribution is 2.55. The maximum atomic E-state index is 14.6. The topological polar surface area (TPSA) is 39.2 Å². The van der Waals surface area contributed by atoms with Crippen LogP contribution in [-0.4, -0.2) is 23.0 Å². The van der Waals surface area contributed by atoms with Crippen molar-refractivity contribution in [3.8, 4) is 11.1 Å². The number of halogens is 3. The normalized spacial score (nSPS) is 32.0. The Balaban J connectivity index is 1.71. The number of fused-ring (bicyclic) bond motifs is 1. The van der Waals surface area contributed by atoms with Crippen LogP contribution in [0.4, 0.5) is 13.2 Å². The van der Waals surface area contributed by atoms with Gasteiger partial charge < -0.3 is 4.74 Å². The van der Waals surface area contributed by atoms with Crippen molar-refractivity contribution >= 4 is 5.97 Å². The van der Waals surface area contributed by atoms with Gasteiger partial charge in [-0.3, -0.25) is 9.78 Å². The number of hydrogen-bond donors (Lipinski definition) is 0. The number of pyridine rings is 1. The van der Waals surface area contributed by atoms with Crippen molar-refractivity contribution in [3.63, 3.8) is 0 Å². The zero-order valence-electron chi connectivity index (χ0n) is 15.0. The first-order valence-electron chi connectivity index (χ1n) is 9.08. The summed E-state index contributed by atoms with van der Waals surface area (Å²) in [7, 11) is 0. The van der Waals surface area contributed by atoms with Gasteiger partial charge in [-0.05, 0) is 30.7 Å². The Bertz CT molecular complexity index is 868. The third kappa shape index (κ3) is 3.01. The van der Waals surface area contributed by atoms with Crippen LogP contribution in [0.15, 0.2) is 42.6 Å². The van der Waals surface area contributed by atoms with Gasteiger partial charge in [0.05, 0.1) is 5.92 Å². The maximum Gasteiger partial charge on any atom is 0.309 e. The molecule has 3 nitrogen and oxygen atoms in total. The van der Waals surface area contributed by atoms with E-state index in [9.17, 15) is 18.0 Å². The Morgan fingerprint density at radius 2 is 1.93 bits per heavy atom. The lowest BCUT2D eigenvalue weighted by Crippen LogP contribution is -2.46. The number of carbonyl (C=O) groups is 1. The molecule has 2 heterocycles. The highest BCUT2D eigenvalue weighted by Gasteiger charge is 2.60. The summed E-state index contributed by atoms with van der Waals surface area (Å²) in [5, 5.41) is 0. The molecule has 0 spiro atoms. The van der Waals surface area contributed by atoms with Crippen molar-refractivity contribution < 1.29 is 22.7 Å². The SMILES string of the molecule is C[C@H]1OC(=O)[C@@H]2CC(F)(F)[C@@H](C)[C@H](c3ccc(-c4cccc(F)c4)cn3)[C@H]12. The smallest absolute Gasteiger partial charge is 0.309 e. The van der Waals surface area contributed by atoms with Crippen LogP contribution in [0.5, 0.6) is 0 Å². The zero-order chi connectivity index (χ0) is 19.3. The molecule has 2 aliphatic rings. The fourth-order valence-electron chi connectivity index (χ4n) is 4.56. The number of benzene rings is 1. The minimum absolute atomic E-state index is 0.320. The van der Waals surface area contributed by atoms with E-state index in [1.807, 2.05) is 0 Å². The van der Waals surface area contributed by atoms with E-state index in [0.29, 0.717) is 16.8 Å². The van der Waals surface area contributed by atoms with Gasteiger partial charge in [-0.15, -0.1) is 0 Å². The van der Waals surface area contributed by atoms with E-state index >= 15 is 0 Å². The van der Waals surface area contributed by atoms with Crippen LogP contribution in [0, 0.1) is 23.6 Å².